The van der Waals surface area contributed by atoms with Gasteiger partial charge in [0, 0.05) is 6.07 Å². The average Bonchev–Trinajstić information content (AvgIpc) is 2.48. The van der Waals surface area contributed by atoms with Crippen LogP contribution in [-0.2, 0) is 0 Å². The van der Waals surface area contributed by atoms with Gasteiger partial charge in [-0.2, -0.15) is 0 Å². The lowest BCUT2D eigenvalue weighted by Gasteiger charge is -2.10. The molecule has 2 aromatic carbocycles. The Hall–Kier alpha value is -2.34. The van der Waals surface area contributed by atoms with Gasteiger partial charge in [-0.3, -0.25) is 0 Å². The minimum atomic E-state index is -0.845. The molecule has 0 aromatic heterocycles. The van der Waals surface area contributed by atoms with Crippen LogP contribution in [0.1, 0.15) is 0 Å². The number of amides is 2. The first-order valence-electron chi connectivity index (χ1n) is 6.43. The van der Waals surface area contributed by atoms with Gasteiger partial charge >= 0.3 is 6.03 Å². The predicted molar refractivity (Wildman–Crippen MR) is 80.3 cm³/mol. The molecule has 2 aromatic rings. The van der Waals surface area contributed by atoms with E-state index in [0.717, 1.165) is 12.1 Å². The normalized spacial score (nSPS) is 10.1. The zero-order valence-corrected chi connectivity index (χ0v) is 12.2. The van der Waals surface area contributed by atoms with Crippen LogP contribution in [0.15, 0.2) is 42.5 Å². The third-order valence-electron chi connectivity index (χ3n) is 2.66. The SMILES string of the molecule is O=C(NCCOc1ccccc1Cl)Nc1ccc(F)cc1F. The van der Waals surface area contributed by atoms with Gasteiger partial charge in [0.1, 0.15) is 24.0 Å². The highest BCUT2D eigenvalue weighted by atomic mass is 35.5. The molecule has 0 bridgehead atoms. The van der Waals surface area contributed by atoms with Crippen molar-refractivity contribution in [2.45, 2.75) is 0 Å². The van der Waals surface area contributed by atoms with Gasteiger partial charge in [-0.05, 0) is 24.3 Å². The zero-order chi connectivity index (χ0) is 15.9. The molecule has 2 amide bonds. The molecule has 0 fully saturated rings. The Labute approximate surface area is 131 Å². The van der Waals surface area contributed by atoms with E-state index in [4.69, 9.17) is 16.3 Å². The molecule has 0 aliphatic carbocycles. The Morgan fingerprint density at radius 3 is 2.68 bits per heavy atom. The minimum absolute atomic E-state index is 0.106. The molecule has 0 atom stereocenters. The molecule has 2 N–H and O–H groups in total. The fraction of sp³-hybridized carbons (Fsp3) is 0.133. The van der Waals surface area contributed by atoms with Crippen molar-refractivity contribution in [2.24, 2.45) is 0 Å². The van der Waals surface area contributed by atoms with Crippen LogP contribution < -0.4 is 15.4 Å². The molecule has 0 saturated carbocycles. The summed E-state index contributed by atoms with van der Waals surface area (Å²) in [6, 6.07) is 9.22. The van der Waals surface area contributed by atoms with E-state index in [9.17, 15) is 13.6 Å². The number of nitrogens with one attached hydrogen (secondary N) is 2. The average molecular weight is 327 g/mol. The van der Waals surface area contributed by atoms with E-state index >= 15 is 0 Å². The van der Waals surface area contributed by atoms with Gasteiger partial charge < -0.3 is 15.4 Å². The van der Waals surface area contributed by atoms with Gasteiger partial charge in [0.2, 0.25) is 0 Å². The molecule has 0 radical (unpaired) electrons. The summed E-state index contributed by atoms with van der Waals surface area (Å²) in [5, 5.41) is 5.23. The van der Waals surface area contributed by atoms with Gasteiger partial charge in [-0.15, -0.1) is 0 Å². The fourth-order valence-electron chi connectivity index (χ4n) is 1.64. The first-order chi connectivity index (χ1) is 10.6. The van der Waals surface area contributed by atoms with Crippen LogP contribution >= 0.6 is 11.6 Å². The van der Waals surface area contributed by atoms with Crippen LogP contribution in [0.5, 0.6) is 5.75 Å². The molecule has 0 aliphatic heterocycles. The molecule has 4 nitrogen and oxygen atoms in total. The number of benzene rings is 2. The molecule has 0 spiro atoms. The summed E-state index contributed by atoms with van der Waals surface area (Å²) in [4.78, 5) is 11.6. The fourth-order valence-corrected chi connectivity index (χ4v) is 1.83. The lowest BCUT2D eigenvalue weighted by atomic mass is 10.3. The van der Waals surface area contributed by atoms with Gasteiger partial charge in [0.05, 0.1) is 17.3 Å². The van der Waals surface area contributed by atoms with Crippen molar-refractivity contribution in [3.8, 4) is 5.75 Å². The summed E-state index contributed by atoms with van der Waals surface area (Å²) >= 11 is 5.91. The third kappa shape index (κ3) is 4.60. The lowest BCUT2D eigenvalue weighted by molar-refractivity contribution is 0.247. The second kappa shape index (κ2) is 7.61. The summed E-state index contributed by atoms with van der Waals surface area (Å²) in [5.41, 5.74) is -0.106. The van der Waals surface area contributed by atoms with Crippen LogP contribution in [0.4, 0.5) is 19.3 Å². The van der Waals surface area contributed by atoms with Crippen LogP contribution in [-0.4, -0.2) is 19.2 Å². The number of para-hydroxylation sites is 1. The Kier molecular flexibility index (Phi) is 5.55. The lowest BCUT2D eigenvalue weighted by Crippen LogP contribution is -2.32. The van der Waals surface area contributed by atoms with Crippen molar-refractivity contribution in [3.05, 3.63) is 59.1 Å². The maximum Gasteiger partial charge on any atom is 0.319 e. The molecule has 0 heterocycles. The molecule has 0 aliphatic rings. The van der Waals surface area contributed by atoms with Crippen molar-refractivity contribution in [3.63, 3.8) is 0 Å². The summed E-state index contributed by atoms with van der Waals surface area (Å²) in [6.45, 7) is 0.392. The second-order valence-electron chi connectivity index (χ2n) is 4.28. The highest BCUT2D eigenvalue weighted by Gasteiger charge is 2.07. The standard InChI is InChI=1S/C15H13ClF2N2O2/c16-11-3-1-2-4-14(11)22-8-7-19-15(21)20-13-6-5-10(17)9-12(13)18/h1-6,9H,7-8H2,(H2,19,20,21). The maximum atomic E-state index is 13.3. The van der Waals surface area contributed by atoms with E-state index in [1.165, 1.54) is 0 Å². The summed E-state index contributed by atoms with van der Waals surface area (Å²) in [7, 11) is 0. The van der Waals surface area contributed by atoms with Gasteiger partial charge in [-0.1, -0.05) is 23.7 Å². The van der Waals surface area contributed by atoms with Crippen LogP contribution in [0, 0.1) is 11.6 Å². The smallest absolute Gasteiger partial charge is 0.319 e. The monoisotopic (exact) mass is 326 g/mol. The number of carbonyl (C=O) groups excluding carboxylic acids is 1. The largest absolute Gasteiger partial charge is 0.490 e. The molecule has 0 saturated heterocycles. The molecule has 22 heavy (non-hydrogen) atoms. The molecular weight excluding hydrogens is 314 g/mol. The highest BCUT2D eigenvalue weighted by Crippen LogP contribution is 2.22. The first-order valence-corrected chi connectivity index (χ1v) is 6.81. The minimum Gasteiger partial charge on any atom is -0.490 e. The third-order valence-corrected chi connectivity index (χ3v) is 2.97. The Bertz CT molecular complexity index is 668. The van der Waals surface area contributed by atoms with E-state index in [1.807, 2.05) is 0 Å². The quantitative estimate of drug-likeness (QED) is 0.821. The first kappa shape index (κ1) is 16.0. The van der Waals surface area contributed by atoms with Gasteiger partial charge in [-0.25, -0.2) is 13.6 Å². The Balaban J connectivity index is 1.75. The van der Waals surface area contributed by atoms with Crippen molar-refractivity contribution in [1.82, 2.24) is 5.32 Å². The predicted octanol–water partition coefficient (Wildman–Crippen LogP) is 3.82. The van der Waals surface area contributed by atoms with Crippen molar-refractivity contribution in [1.29, 1.82) is 0 Å². The number of hydrogen-bond donors (Lipinski definition) is 2. The number of urea groups is 1. The number of hydrogen-bond acceptors (Lipinski definition) is 2. The number of anilines is 1. The Morgan fingerprint density at radius 2 is 1.95 bits per heavy atom. The molecule has 2 rings (SSSR count). The van der Waals surface area contributed by atoms with E-state index < -0.39 is 17.7 Å². The number of ether oxygens (including phenoxy) is 1. The number of rotatable bonds is 5. The summed E-state index contributed by atoms with van der Waals surface area (Å²) in [5.74, 6) is -1.05. The van der Waals surface area contributed by atoms with Crippen molar-refractivity contribution >= 4 is 23.3 Å². The Morgan fingerprint density at radius 1 is 1.18 bits per heavy atom. The molecule has 0 unspecified atom stereocenters. The van der Waals surface area contributed by atoms with E-state index in [0.29, 0.717) is 16.8 Å². The van der Waals surface area contributed by atoms with Crippen molar-refractivity contribution < 1.29 is 18.3 Å². The van der Waals surface area contributed by atoms with Gasteiger partial charge in [0.25, 0.3) is 0 Å². The zero-order valence-electron chi connectivity index (χ0n) is 11.4. The molecular formula is C15H13ClF2N2O2. The highest BCUT2D eigenvalue weighted by molar-refractivity contribution is 6.32. The second-order valence-corrected chi connectivity index (χ2v) is 4.69. The van der Waals surface area contributed by atoms with Crippen LogP contribution in [0.3, 0.4) is 0 Å². The topological polar surface area (TPSA) is 50.4 Å². The van der Waals surface area contributed by atoms with Crippen LogP contribution in [0.25, 0.3) is 0 Å². The summed E-state index contributed by atoms with van der Waals surface area (Å²) in [6.07, 6.45) is 0. The molecule has 7 heteroatoms. The van der Waals surface area contributed by atoms with Gasteiger partial charge in [0.15, 0.2) is 0 Å². The van der Waals surface area contributed by atoms with Crippen LogP contribution in [0.2, 0.25) is 5.02 Å². The van der Waals surface area contributed by atoms with E-state index in [1.54, 1.807) is 24.3 Å². The van der Waals surface area contributed by atoms with E-state index in [2.05, 4.69) is 10.6 Å². The van der Waals surface area contributed by atoms with Crippen molar-refractivity contribution in [2.75, 3.05) is 18.5 Å². The van der Waals surface area contributed by atoms with E-state index in [-0.39, 0.29) is 18.8 Å². The molecule has 116 valence electrons. The number of carbonyl (C=O) groups is 1. The maximum absolute atomic E-state index is 13.3. The summed E-state index contributed by atoms with van der Waals surface area (Å²) < 4.78 is 31.5. The number of halogens is 3.